The van der Waals surface area contributed by atoms with Gasteiger partial charge < -0.3 is 19.7 Å². The van der Waals surface area contributed by atoms with Gasteiger partial charge in [0.25, 0.3) is 0 Å². The molecule has 1 rings (SSSR count). The summed E-state index contributed by atoms with van der Waals surface area (Å²) < 4.78 is 12.5. The SMILES string of the molecule is [CH2+]C(O)COCCCCOCC(O)C[n+]1ccccc1. The molecule has 0 radical (unpaired) electrons. The van der Waals surface area contributed by atoms with Gasteiger partial charge in [-0.25, -0.2) is 4.57 Å². The highest BCUT2D eigenvalue weighted by Crippen LogP contribution is 1.94. The molecule has 0 spiro atoms. The van der Waals surface area contributed by atoms with Crippen LogP contribution in [0.15, 0.2) is 30.6 Å². The minimum atomic E-state index is -0.656. The highest BCUT2D eigenvalue weighted by molar-refractivity contribution is 4.83. The number of hydrogen-bond donors (Lipinski definition) is 2. The summed E-state index contributed by atoms with van der Waals surface area (Å²) in [6.07, 6.45) is 4.42. The van der Waals surface area contributed by atoms with E-state index in [0.29, 0.717) is 26.4 Å². The second-order valence-corrected chi connectivity index (χ2v) is 4.74. The summed E-state index contributed by atoms with van der Waals surface area (Å²) in [7, 11) is 0. The lowest BCUT2D eigenvalue weighted by atomic mass is 10.3. The molecule has 20 heavy (non-hydrogen) atoms. The molecule has 2 N–H and O–H groups in total. The van der Waals surface area contributed by atoms with Gasteiger partial charge in [-0.3, -0.25) is 0 Å². The Bertz CT molecular complexity index is 332. The zero-order valence-electron chi connectivity index (χ0n) is 11.9. The van der Waals surface area contributed by atoms with Gasteiger partial charge in [0.15, 0.2) is 18.9 Å². The summed E-state index contributed by atoms with van der Waals surface area (Å²) in [6.45, 7) is 5.75. The molecule has 1 aromatic heterocycles. The summed E-state index contributed by atoms with van der Waals surface area (Å²) in [4.78, 5) is 0. The van der Waals surface area contributed by atoms with E-state index in [0.717, 1.165) is 12.8 Å². The third kappa shape index (κ3) is 8.87. The van der Waals surface area contributed by atoms with E-state index in [2.05, 4.69) is 6.92 Å². The topological polar surface area (TPSA) is 62.8 Å². The maximum atomic E-state index is 9.80. The second kappa shape index (κ2) is 10.6. The summed E-state index contributed by atoms with van der Waals surface area (Å²) >= 11 is 0. The maximum Gasteiger partial charge on any atom is 0.215 e. The summed E-state index contributed by atoms with van der Waals surface area (Å²) in [6, 6.07) is 5.79. The van der Waals surface area contributed by atoms with E-state index in [1.54, 1.807) is 0 Å². The van der Waals surface area contributed by atoms with Gasteiger partial charge in [-0.2, -0.15) is 0 Å². The number of aromatic nitrogens is 1. The predicted molar refractivity (Wildman–Crippen MR) is 74.9 cm³/mol. The molecule has 0 aliphatic heterocycles. The number of aliphatic hydroxyl groups is 2. The van der Waals surface area contributed by atoms with Gasteiger partial charge in [0, 0.05) is 25.3 Å². The van der Waals surface area contributed by atoms with Crippen LogP contribution < -0.4 is 4.57 Å². The molecule has 5 nitrogen and oxygen atoms in total. The Balaban J connectivity index is 1.93. The molecule has 1 heterocycles. The molecule has 0 saturated heterocycles. The van der Waals surface area contributed by atoms with E-state index in [1.165, 1.54) is 0 Å². The molecule has 0 bridgehead atoms. The molecular weight excluding hydrogens is 258 g/mol. The van der Waals surface area contributed by atoms with Crippen LogP contribution in [0.25, 0.3) is 0 Å². The minimum absolute atomic E-state index is 0.272. The monoisotopic (exact) mass is 283 g/mol. The largest absolute Gasteiger partial charge is 0.384 e. The van der Waals surface area contributed by atoms with E-state index in [9.17, 15) is 5.11 Å². The van der Waals surface area contributed by atoms with Gasteiger partial charge in [0.1, 0.15) is 12.7 Å². The van der Waals surface area contributed by atoms with Crippen LogP contribution in [0, 0.1) is 6.92 Å². The van der Waals surface area contributed by atoms with Crippen LogP contribution in [0.2, 0.25) is 0 Å². The molecule has 0 aliphatic carbocycles. The van der Waals surface area contributed by atoms with Gasteiger partial charge in [-0.15, -0.1) is 0 Å². The lowest BCUT2D eigenvalue weighted by Gasteiger charge is -2.08. The molecule has 0 amide bonds. The van der Waals surface area contributed by atoms with E-state index in [1.807, 2.05) is 35.2 Å². The quantitative estimate of drug-likeness (QED) is 0.349. The molecule has 0 aliphatic rings. The van der Waals surface area contributed by atoms with Gasteiger partial charge in [0.05, 0.1) is 13.5 Å². The molecule has 5 heteroatoms. The summed E-state index contributed by atoms with van der Waals surface area (Å²) in [5.74, 6) is 0. The van der Waals surface area contributed by atoms with E-state index in [4.69, 9.17) is 14.6 Å². The Kier molecular flexibility index (Phi) is 8.98. The van der Waals surface area contributed by atoms with Crippen molar-refractivity contribution in [3.63, 3.8) is 0 Å². The molecule has 0 fully saturated rings. The van der Waals surface area contributed by atoms with Crippen LogP contribution in [0.3, 0.4) is 0 Å². The van der Waals surface area contributed by atoms with Crippen molar-refractivity contribution >= 4 is 0 Å². The number of aliphatic hydroxyl groups excluding tert-OH is 2. The average molecular weight is 283 g/mol. The lowest BCUT2D eigenvalue weighted by molar-refractivity contribution is -0.703. The van der Waals surface area contributed by atoms with Crippen molar-refractivity contribution in [1.82, 2.24) is 0 Å². The Morgan fingerprint density at radius 2 is 1.55 bits per heavy atom. The maximum absolute atomic E-state index is 9.80. The smallest absolute Gasteiger partial charge is 0.215 e. The minimum Gasteiger partial charge on any atom is -0.384 e. The standard InChI is InChI=1S/C15H25NO4/c1-14(17)12-19-9-5-6-10-20-13-15(18)11-16-7-3-2-4-8-16/h2-4,7-8,14-15,17-18H,1,5-6,9-13H2/q+2. The van der Waals surface area contributed by atoms with E-state index < -0.39 is 12.2 Å². The number of rotatable bonds is 11. The van der Waals surface area contributed by atoms with Crippen LogP contribution in [0.5, 0.6) is 0 Å². The van der Waals surface area contributed by atoms with Crippen LogP contribution >= 0.6 is 0 Å². The highest BCUT2D eigenvalue weighted by Gasteiger charge is 2.10. The molecule has 1 aromatic rings. The lowest BCUT2D eigenvalue weighted by Crippen LogP contribution is -2.40. The van der Waals surface area contributed by atoms with Gasteiger partial charge in [-0.05, 0) is 12.8 Å². The molecule has 0 aromatic carbocycles. The van der Waals surface area contributed by atoms with Gasteiger partial charge >= 0.3 is 0 Å². The van der Waals surface area contributed by atoms with Gasteiger partial charge in [0.2, 0.25) is 6.10 Å². The first-order valence-corrected chi connectivity index (χ1v) is 6.97. The zero-order chi connectivity index (χ0) is 14.6. The molecule has 2 unspecified atom stereocenters. The predicted octanol–water partition coefficient (Wildman–Crippen LogP) is 0.343. The van der Waals surface area contributed by atoms with Crippen molar-refractivity contribution in [2.75, 3.05) is 26.4 Å². The van der Waals surface area contributed by atoms with Crippen LogP contribution in [-0.2, 0) is 16.0 Å². The zero-order valence-corrected chi connectivity index (χ0v) is 11.9. The third-order valence-corrected chi connectivity index (χ3v) is 2.65. The molecule has 0 saturated carbocycles. The van der Waals surface area contributed by atoms with Crippen LogP contribution in [-0.4, -0.2) is 48.8 Å². The Morgan fingerprint density at radius 3 is 2.15 bits per heavy atom. The van der Waals surface area contributed by atoms with Crippen molar-refractivity contribution in [2.45, 2.75) is 31.6 Å². The van der Waals surface area contributed by atoms with E-state index >= 15 is 0 Å². The number of hydrogen-bond acceptors (Lipinski definition) is 4. The fraction of sp³-hybridized carbons (Fsp3) is 0.600. The Morgan fingerprint density at radius 1 is 0.950 bits per heavy atom. The number of nitrogens with zero attached hydrogens (tertiary/aromatic N) is 1. The number of ether oxygens (including phenoxy) is 2. The van der Waals surface area contributed by atoms with Crippen molar-refractivity contribution in [3.05, 3.63) is 37.5 Å². The first-order chi connectivity index (χ1) is 9.68. The summed E-state index contributed by atoms with van der Waals surface area (Å²) in [5, 5.41) is 18.7. The first-order valence-electron chi connectivity index (χ1n) is 6.97. The highest BCUT2D eigenvalue weighted by atomic mass is 16.5. The van der Waals surface area contributed by atoms with Crippen molar-refractivity contribution in [1.29, 1.82) is 0 Å². The number of unbranched alkanes of at least 4 members (excludes halogenated alkanes) is 1. The Labute approximate surface area is 120 Å². The average Bonchev–Trinajstić information content (AvgIpc) is 2.42. The van der Waals surface area contributed by atoms with Crippen molar-refractivity contribution in [2.24, 2.45) is 0 Å². The van der Waals surface area contributed by atoms with E-state index in [-0.39, 0.29) is 6.61 Å². The fourth-order valence-electron chi connectivity index (χ4n) is 1.70. The normalized spacial score (nSPS) is 14.1. The van der Waals surface area contributed by atoms with Crippen LogP contribution in [0.1, 0.15) is 12.8 Å². The second-order valence-electron chi connectivity index (χ2n) is 4.74. The summed E-state index contributed by atoms with van der Waals surface area (Å²) in [5.41, 5.74) is 0. The van der Waals surface area contributed by atoms with Crippen molar-refractivity contribution in [3.8, 4) is 0 Å². The molecular formula is C15H25NO4+2. The van der Waals surface area contributed by atoms with Crippen LogP contribution in [0.4, 0.5) is 0 Å². The van der Waals surface area contributed by atoms with Crippen molar-refractivity contribution < 1.29 is 24.3 Å². The Hall–Kier alpha value is -1.14. The first kappa shape index (κ1) is 16.9. The molecule has 2 atom stereocenters. The molecule has 112 valence electrons. The fourth-order valence-corrected chi connectivity index (χ4v) is 1.70. The van der Waals surface area contributed by atoms with Gasteiger partial charge in [-0.1, -0.05) is 6.07 Å². The third-order valence-electron chi connectivity index (χ3n) is 2.65. The number of pyridine rings is 1.